The maximum absolute atomic E-state index is 12.2. The smallest absolute Gasteiger partial charge is 0.277 e. The molecular weight excluding hydrogens is 312 g/mol. The summed E-state index contributed by atoms with van der Waals surface area (Å²) >= 11 is 1.43. The maximum Gasteiger partial charge on any atom is 0.290 e. The van der Waals surface area contributed by atoms with Crippen molar-refractivity contribution in [3.63, 3.8) is 0 Å². The Hall–Kier alpha value is -2.67. The van der Waals surface area contributed by atoms with E-state index >= 15 is 0 Å². The maximum atomic E-state index is 12.2. The molecule has 0 atom stereocenters. The molecule has 2 heterocycles. The van der Waals surface area contributed by atoms with Crippen LogP contribution in [0.25, 0.3) is 10.9 Å². The quantitative estimate of drug-likeness (QED) is 0.646. The van der Waals surface area contributed by atoms with E-state index in [-0.39, 0.29) is 11.6 Å². The number of carbonyl (C=O) groups excluding carboxylic acids is 2. The fourth-order valence-corrected chi connectivity index (χ4v) is 3.36. The summed E-state index contributed by atoms with van der Waals surface area (Å²) in [6, 6.07) is 9.14. The summed E-state index contributed by atoms with van der Waals surface area (Å²) in [6.45, 7) is 4.02. The number of amides is 2. The van der Waals surface area contributed by atoms with E-state index in [9.17, 15) is 9.59 Å². The van der Waals surface area contributed by atoms with E-state index in [1.807, 2.05) is 38.1 Å². The molecule has 3 aromatic rings. The number of hydrogen-bond acceptors (Lipinski definition) is 4. The summed E-state index contributed by atoms with van der Waals surface area (Å²) in [6.07, 6.45) is 0.884. The lowest BCUT2D eigenvalue weighted by Gasteiger charge is -2.04. The molecule has 6 nitrogen and oxygen atoms in total. The lowest BCUT2D eigenvalue weighted by molar-refractivity contribution is 0.0847. The monoisotopic (exact) mass is 328 g/mol. The Bertz CT molecular complexity index is 881. The van der Waals surface area contributed by atoms with Gasteiger partial charge < -0.3 is 0 Å². The number of nitrogens with zero attached hydrogens (tertiary/aromatic N) is 1. The number of aromatic amines is 1. The molecule has 0 aliphatic heterocycles. The number of H-pyrrole nitrogens is 1. The second-order valence-electron chi connectivity index (χ2n) is 5.10. The number of aromatic nitrogens is 2. The van der Waals surface area contributed by atoms with Gasteiger partial charge in [0.2, 0.25) is 0 Å². The van der Waals surface area contributed by atoms with E-state index in [2.05, 4.69) is 21.0 Å². The third kappa shape index (κ3) is 2.95. The first-order chi connectivity index (χ1) is 11.1. The minimum absolute atomic E-state index is 0.248. The SMILES string of the molecule is CCc1sc(C(=O)NNC(=O)c2n[nH]c3ccccc23)cc1C. The molecule has 0 radical (unpaired) electrons. The number of fused-ring (bicyclic) bond motifs is 1. The van der Waals surface area contributed by atoms with Crippen molar-refractivity contribution < 1.29 is 9.59 Å². The third-order valence-electron chi connectivity index (χ3n) is 3.54. The van der Waals surface area contributed by atoms with Crippen LogP contribution in [0.15, 0.2) is 30.3 Å². The number of benzene rings is 1. The van der Waals surface area contributed by atoms with E-state index in [0.717, 1.165) is 17.5 Å². The number of hydrazine groups is 1. The molecule has 118 valence electrons. The average Bonchev–Trinajstić information content (AvgIpc) is 3.15. The molecule has 0 aliphatic carbocycles. The molecule has 0 unspecified atom stereocenters. The van der Waals surface area contributed by atoms with Gasteiger partial charge in [-0.15, -0.1) is 11.3 Å². The fraction of sp³-hybridized carbons (Fsp3) is 0.188. The topological polar surface area (TPSA) is 86.9 Å². The molecule has 0 saturated carbocycles. The highest BCUT2D eigenvalue weighted by molar-refractivity contribution is 7.14. The number of rotatable bonds is 3. The van der Waals surface area contributed by atoms with Crippen molar-refractivity contribution in [2.24, 2.45) is 0 Å². The molecule has 23 heavy (non-hydrogen) atoms. The third-order valence-corrected chi connectivity index (χ3v) is 4.92. The average molecular weight is 328 g/mol. The van der Waals surface area contributed by atoms with Gasteiger partial charge >= 0.3 is 0 Å². The van der Waals surface area contributed by atoms with Gasteiger partial charge in [-0.2, -0.15) is 5.10 Å². The second kappa shape index (κ2) is 6.21. The zero-order chi connectivity index (χ0) is 16.4. The van der Waals surface area contributed by atoms with Gasteiger partial charge in [0.25, 0.3) is 11.8 Å². The highest BCUT2D eigenvalue weighted by Crippen LogP contribution is 2.22. The molecule has 0 fully saturated rings. The standard InChI is InChI=1S/C16H16N4O2S/c1-3-12-9(2)8-13(23-12)15(21)19-20-16(22)14-10-6-4-5-7-11(10)17-18-14/h4-8H,3H2,1-2H3,(H,17,18)(H,19,21)(H,20,22). The number of thiophene rings is 1. The van der Waals surface area contributed by atoms with Crippen molar-refractivity contribution >= 4 is 34.1 Å². The lowest BCUT2D eigenvalue weighted by Crippen LogP contribution is -2.41. The molecule has 0 bridgehead atoms. The molecule has 0 spiro atoms. The highest BCUT2D eigenvalue weighted by atomic mass is 32.1. The van der Waals surface area contributed by atoms with E-state index in [1.54, 1.807) is 6.07 Å². The van der Waals surface area contributed by atoms with E-state index < -0.39 is 5.91 Å². The molecule has 0 saturated heterocycles. The molecule has 7 heteroatoms. The minimum Gasteiger partial charge on any atom is -0.277 e. The number of carbonyl (C=O) groups is 2. The van der Waals surface area contributed by atoms with Gasteiger partial charge in [0.15, 0.2) is 5.69 Å². The zero-order valence-electron chi connectivity index (χ0n) is 12.8. The van der Waals surface area contributed by atoms with Crippen molar-refractivity contribution in [3.05, 3.63) is 51.3 Å². The van der Waals surface area contributed by atoms with E-state index in [0.29, 0.717) is 10.3 Å². The Balaban J connectivity index is 1.70. The fourth-order valence-electron chi connectivity index (χ4n) is 2.35. The predicted octanol–water partition coefficient (Wildman–Crippen LogP) is 2.57. The molecule has 2 amide bonds. The van der Waals surface area contributed by atoms with Crippen LogP contribution in [0.4, 0.5) is 0 Å². The normalized spacial score (nSPS) is 10.7. The second-order valence-corrected chi connectivity index (χ2v) is 6.23. The van der Waals surface area contributed by atoms with Crippen molar-refractivity contribution in [2.45, 2.75) is 20.3 Å². The number of hydrogen-bond donors (Lipinski definition) is 3. The van der Waals surface area contributed by atoms with Crippen LogP contribution in [0.2, 0.25) is 0 Å². The lowest BCUT2D eigenvalue weighted by atomic mass is 10.2. The van der Waals surface area contributed by atoms with Gasteiger partial charge in [-0.1, -0.05) is 25.1 Å². The van der Waals surface area contributed by atoms with Crippen molar-refractivity contribution in [2.75, 3.05) is 0 Å². The molecule has 3 rings (SSSR count). The van der Waals surface area contributed by atoms with Gasteiger partial charge in [-0.3, -0.25) is 25.5 Å². The van der Waals surface area contributed by atoms with E-state index in [4.69, 9.17) is 0 Å². The minimum atomic E-state index is -0.459. The van der Waals surface area contributed by atoms with Gasteiger partial charge in [0.05, 0.1) is 10.4 Å². The zero-order valence-corrected chi connectivity index (χ0v) is 13.6. The Morgan fingerprint density at radius 3 is 2.70 bits per heavy atom. The Morgan fingerprint density at radius 2 is 1.96 bits per heavy atom. The number of para-hydroxylation sites is 1. The van der Waals surface area contributed by atoms with Gasteiger partial charge in [0.1, 0.15) is 0 Å². The number of aryl methyl sites for hydroxylation is 2. The van der Waals surface area contributed by atoms with Crippen LogP contribution in [0.1, 0.15) is 37.5 Å². The van der Waals surface area contributed by atoms with Crippen LogP contribution in [-0.4, -0.2) is 22.0 Å². The van der Waals surface area contributed by atoms with Gasteiger partial charge in [-0.25, -0.2) is 0 Å². The first-order valence-corrected chi connectivity index (χ1v) is 8.05. The van der Waals surface area contributed by atoms with Crippen LogP contribution < -0.4 is 10.9 Å². The summed E-state index contributed by atoms with van der Waals surface area (Å²) in [5.74, 6) is -0.786. The van der Waals surface area contributed by atoms with E-state index in [1.165, 1.54) is 16.2 Å². The van der Waals surface area contributed by atoms with Crippen LogP contribution in [0.3, 0.4) is 0 Å². The van der Waals surface area contributed by atoms with Crippen LogP contribution >= 0.6 is 11.3 Å². The number of nitrogens with one attached hydrogen (secondary N) is 3. The molecule has 3 N–H and O–H groups in total. The van der Waals surface area contributed by atoms with Gasteiger partial charge in [-0.05, 0) is 31.0 Å². The van der Waals surface area contributed by atoms with Gasteiger partial charge in [0, 0.05) is 10.3 Å². The van der Waals surface area contributed by atoms with Crippen LogP contribution in [0, 0.1) is 6.92 Å². The largest absolute Gasteiger partial charge is 0.290 e. The first-order valence-electron chi connectivity index (χ1n) is 7.23. The predicted molar refractivity (Wildman–Crippen MR) is 89.5 cm³/mol. The summed E-state index contributed by atoms with van der Waals surface area (Å²) in [5, 5.41) is 7.48. The van der Waals surface area contributed by atoms with Crippen LogP contribution in [-0.2, 0) is 6.42 Å². The highest BCUT2D eigenvalue weighted by Gasteiger charge is 2.16. The van der Waals surface area contributed by atoms with Crippen molar-refractivity contribution in [1.82, 2.24) is 21.0 Å². The summed E-state index contributed by atoms with van der Waals surface area (Å²) in [5.41, 5.74) is 6.95. The molecule has 1 aromatic carbocycles. The summed E-state index contributed by atoms with van der Waals surface area (Å²) in [4.78, 5) is 26.0. The van der Waals surface area contributed by atoms with Crippen LogP contribution in [0.5, 0.6) is 0 Å². The molecule has 2 aromatic heterocycles. The summed E-state index contributed by atoms with van der Waals surface area (Å²) in [7, 11) is 0. The molecular formula is C16H16N4O2S. The molecule has 0 aliphatic rings. The van der Waals surface area contributed by atoms with Crippen molar-refractivity contribution in [3.8, 4) is 0 Å². The Morgan fingerprint density at radius 1 is 1.22 bits per heavy atom. The first kappa shape index (κ1) is 15.2. The Labute approximate surface area is 136 Å². The van der Waals surface area contributed by atoms with Crippen molar-refractivity contribution in [1.29, 1.82) is 0 Å². The summed E-state index contributed by atoms with van der Waals surface area (Å²) < 4.78 is 0. The Kier molecular flexibility index (Phi) is 4.12.